The number of rotatable bonds is 4. The summed E-state index contributed by atoms with van der Waals surface area (Å²) in [5, 5.41) is 9.24. The number of fused-ring (bicyclic) bond motifs is 3. The number of hydrogen-bond acceptors (Lipinski definition) is 9. The smallest absolute Gasteiger partial charge is 0.418 e. The lowest BCUT2D eigenvalue weighted by Gasteiger charge is -2.41. The number of benzene rings is 1. The fourth-order valence-electron chi connectivity index (χ4n) is 7.72. The zero-order valence-corrected chi connectivity index (χ0v) is 24.4. The van der Waals surface area contributed by atoms with Crippen molar-refractivity contribution < 1.29 is 36.5 Å². The number of hydrogen-bond donors (Lipinski definition) is 2. The summed E-state index contributed by atoms with van der Waals surface area (Å²) in [6, 6.07) is 1.70. The topological polar surface area (TPSA) is 108 Å². The Morgan fingerprint density at radius 3 is 2.82 bits per heavy atom. The molecule has 1 aromatic carbocycles. The van der Waals surface area contributed by atoms with Crippen LogP contribution in [-0.4, -0.2) is 95.9 Å². The van der Waals surface area contributed by atoms with Crippen LogP contribution in [0.25, 0.3) is 0 Å². The number of aliphatic hydroxyl groups is 1. The van der Waals surface area contributed by atoms with Crippen molar-refractivity contribution in [1.82, 2.24) is 9.80 Å². The molecular formula is C29H32ClF5N6O3. The van der Waals surface area contributed by atoms with Crippen LogP contribution in [0.3, 0.4) is 0 Å². The Kier molecular flexibility index (Phi) is 7.41. The van der Waals surface area contributed by atoms with Gasteiger partial charge in [-0.05, 0) is 44.4 Å². The summed E-state index contributed by atoms with van der Waals surface area (Å²) >= 11 is 6.00. The molecule has 0 radical (unpaired) electrons. The van der Waals surface area contributed by atoms with E-state index in [1.54, 1.807) is 0 Å². The first kappa shape index (κ1) is 29.9. The van der Waals surface area contributed by atoms with Gasteiger partial charge in [0.25, 0.3) is 0 Å². The molecule has 4 saturated heterocycles. The monoisotopic (exact) mass is 642 g/mol. The number of anilines is 1. The Morgan fingerprint density at radius 2 is 2.05 bits per heavy atom. The van der Waals surface area contributed by atoms with E-state index in [1.807, 2.05) is 4.90 Å². The molecule has 0 spiro atoms. The second-order valence-corrected chi connectivity index (χ2v) is 12.9. The van der Waals surface area contributed by atoms with E-state index in [0.29, 0.717) is 38.2 Å². The Hall–Kier alpha value is -2.81. The number of ether oxygens (including phenoxy) is 2. The van der Waals surface area contributed by atoms with E-state index in [9.17, 15) is 22.7 Å². The molecule has 0 bridgehead atoms. The standard InChI is InChI=1S/C29H32ClF5N6O3/c30-19-8-16(36)7-18(21(19)29(33,34)35)23-22(32)24-20-25(41-10-14(12-42)6-17(41)2-5-43-26(20)37-23)39-27(38-24)44-13-28-3-1-4-40(28)11-15(31)9-28/h7-8,14-15,17,20,26,42H,1-6,9-13,36H2/t14?,15-,17?,20?,26?,28+/m1/s1. The van der Waals surface area contributed by atoms with E-state index in [1.165, 1.54) is 0 Å². The summed E-state index contributed by atoms with van der Waals surface area (Å²) in [5.74, 6) is -1.76. The number of dihydropyridines is 1. The van der Waals surface area contributed by atoms with E-state index in [-0.39, 0.29) is 49.2 Å². The lowest BCUT2D eigenvalue weighted by molar-refractivity contribution is -0.137. The molecule has 4 unspecified atom stereocenters. The molecule has 6 aliphatic rings. The van der Waals surface area contributed by atoms with Crippen LogP contribution in [0.1, 0.15) is 43.2 Å². The molecule has 6 atom stereocenters. The first-order valence-electron chi connectivity index (χ1n) is 14.8. The fraction of sp³-hybridized carbons (Fsp3) is 0.621. The molecule has 0 aromatic heterocycles. The highest BCUT2D eigenvalue weighted by atomic mass is 35.5. The van der Waals surface area contributed by atoms with E-state index < -0.39 is 57.7 Å². The molecule has 4 fully saturated rings. The lowest BCUT2D eigenvalue weighted by Crippen LogP contribution is -2.51. The van der Waals surface area contributed by atoms with Gasteiger partial charge in [0.1, 0.15) is 30.2 Å². The maximum Gasteiger partial charge on any atom is 0.418 e. The van der Waals surface area contributed by atoms with Gasteiger partial charge in [-0.25, -0.2) is 13.8 Å². The average Bonchev–Trinajstić information content (AvgIpc) is 3.62. The zero-order chi connectivity index (χ0) is 31.0. The highest BCUT2D eigenvalue weighted by molar-refractivity contribution is 6.32. The van der Waals surface area contributed by atoms with Gasteiger partial charge in [-0.15, -0.1) is 0 Å². The predicted molar refractivity (Wildman–Crippen MR) is 153 cm³/mol. The van der Waals surface area contributed by atoms with Crippen LogP contribution in [0.4, 0.5) is 27.6 Å². The highest BCUT2D eigenvalue weighted by Crippen LogP contribution is 2.45. The molecule has 0 aliphatic carbocycles. The molecule has 0 saturated carbocycles. The van der Waals surface area contributed by atoms with Gasteiger partial charge in [0.2, 0.25) is 0 Å². The quantitative estimate of drug-likeness (QED) is 0.374. The highest BCUT2D eigenvalue weighted by Gasteiger charge is 2.51. The summed E-state index contributed by atoms with van der Waals surface area (Å²) in [6.07, 6.45) is -3.97. The van der Waals surface area contributed by atoms with E-state index in [4.69, 9.17) is 31.8 Å². The van der Waals surface area contributed by atoms with Gasteiger partial charge in [-0.2, -0.15) is 23.2 Å². The summed E-state index contributed by atoms with van der Waals surface area (Å²) < 4.78 is 85.9. The second kappa shape index (κ2) is 10.9. The van der Waals surface area contributed by atoms with Crippen molar-refractivity contribution in [2.45, 2.75) is 62.3 Å². The van der Waals surface area contributed by atoms with Gasteiger partial charge in [-0.3, -0.25) is 4.90 Å². The van der Waals surface area contributed by atoms with Gasteiger partial charge in [0.15, 0.2) is 12.1 Å². The molecule has 6 aliphatic heterocycles. The molecule has 6 heterocycles. The van der Waals surface area contributed by atoms with Crippen LogP contribution in [-0.2, 0) is 15.7 Å². The summed E-state index contributed by atoms with van der Waals surface area (Å²) in [7, 11) is 0. The SMILES string of the molecule is Nc1cc(Cl)c(C(F)(F)F)c(C2=NC3OCCC4CC(CO)CN4C4=NC(OC[C@@]56CCCN5C[C@H](F)C6)=NC(=C2F)C43)c1. The number of allylic oxidation sites excluding steroid dienone is 1. The van der Waals surface area contributed by atoms with E-state index >= 15 is 4.39 Å². The van der Waals surface area contributed by atoms with Crippen molar-refractivity contribution in [2.75, 3.05) is 45.2 Å². The largest absolute Gasteiger partial charge is 0.461 e. The van der Waals surface area contributed by atoms with E-state index in [0.717, 1.165) is 31.5 Å². The van der Waals surface area contributed by atoms with Crippen molar-refractivity contribution in [2.24, 2.45) is 26.8 Å². The Bertz CT molecular complexity index is 1480. The maximum absolute atomic E-state index is 16.6. The number of aliphatic hydroxyl groups excluding tert-OH is 1. The summed E-state index contributed by atoms with van der Waals surface area (Å²) in [4.78, 5) is 17.5. The molecule has 0 amide bonds. The third-order valence-electron chi connectivity index (χ3n) is 9.65. The number of alkyl halides is 4. The van der Waals surface area contributed by atoms with Gasteiger partial charge < -0.3 is 25.2 Å². The minimum absolute atomic E-state index is 0.0504. The predicted octanol–water partition coefficient (Wildman–Crippen LogP) is 4.33. The van der Waals surface area contributed by atoms with Crippen molar-refractivity contribution in [3.05, 3.63) is 39.8 Å². The second-order valence-electron chi connectivity index (χ2n) is 12.4. The van der Waals surface area contributed by atoms with E-state index in [2.05, 4.69) is 14.9 Å². The van der Waals surface area contributed by atoms with Crippen LogP contribution >= 0.6 is 11.6 Å². The minimum atomic E-state index is -4.94. The van der Waals surface area contributed by atoms with Crippen LogP contribution in [0.5, 0.6) is 0 Å². The molecule has 1 aromatic rings. The molecule has 9 nitrogen and oxygen atoms in total. The molecule has 7 rings (SSSR count). The van der Waals surface area contributed by atoms with Gasteiger partial charge in [0.05, 0.1) is 28.4 Å². The number of nitrogens with two attached hydrogens (primary N) is 1. The summed E-state index contributed by atoms with van der Waals surface area (Å²) in [5.41, 5.74) is 2.47. The molecule has 44 heavy (non-hydrogen) atoms. The molecular weight excluding hydrogens is 611 g/mol. The zero-order valence-electron chi connectivity index (χ0n) is 23.7. The van der Waals surface area contributed by atoms with Crippen LogP contribution in [0.2, 0.25) is 5.02 Å². The Balaban J connectivity index is 1.33. The summed E-state index contributed by atoms with van der Waals surface area (Å²) in [6.45, 7) is 1.72. The third kappa shape index (κ3) is 4.97. The normalized spacial score (nSPS) is 33.7. The first-order valence-corrected chi connectivity index (χ1v) is 15.2. The Morgan fingerprint density at radius 1 is 1.23 bits per heavy atom. The van der Waals surface area contributed by atoms with Gasteiger partial charge in [-0.1, -0.05) is 11.6 Å². The number of amidine groups is 2. The molecule has 238 valence electrons. The molecule has 15 heteroatoms. The van der Waals surface area contributed by atoms with Crippen LogP contribution < -0.4 is 5.73 Å². The maximum atomic E-state index is 16.6. The van der Waals surface area contributed by atoms with Gasteiger partial charge in [0, 0.05) is 49.3 Å². The number of nitrogens with zero attached hydrogens (tertiary/aromatic N) is 5. The number of aliphatic imine (C=N–C) groups is 3. The van der Waals surface area contributed by atoms with Crippen molar-refractivity contribution >= 4 is 34.9 Å². The lowest BCUT2D eigenvalue weighted by atomic mass is 9.90. The minimum Gasteiger partial charge on any atom is -0.461 e. The van der Waals surface area contributed by atoms with Crippen molar-refractivity contribution in [1.29, 1.82) is 0 Å². The molecule has 3 N–H and O–H groups in total. The average molecular weight is 643 g/mol. The Labute approximate surface area is 255 Å². The van der Waals surface area contributed by atoms with Crippen molar-refractivity contribution in [3.63, 3.8) is 0 Å². The van der Waals surface area contributed by atoms with Crippen LogP contribution in [0.15, 0.2) is 38.6 Å². The van der Waals surface area contributed by atoms with Gasteiger partial charge >= 0.3 is 12.2 Å². The first-order chi connectivity index (χ1) is 21.0. The van der Waals surface area contributed by atoms with Crippen molar-refractivity contribution in [3.8, 4) is 0 Å². The number of halogens is 6. The fourth-order valence-corrected chi connectivity index (χ4v) is 8.05. The number of nitrogen functional groups attached to an aromatic ring is 1. The third-order valence-corrected chi connectivity index (χ3v) is 9.95. The van der Waals surface area contributed by atoms with Crippen LogP contribution in [0, 0.1) is 11.8 Å².